The largest absolute Gasteiger partial charge is 0.443 e. The maximum absolute atomic E-state index is 11.5. The molecule has 0 unspecified atom stereocenters. The summed E-state index contributed by atoms with van der Waals surface area (Å²) in [5.41, 5.74) is 0.870. The molecule has 1 aromatic carbocycles. The van der Waals surface area contributed by atoms with Gasteiger partial charge in [-0.1, -0.05) is 32.9 Å². The SMILES string of the molecule is CN=C(NCc1ccc(S(C)(=O)=O)cc1)NCc1ncc(C(C)(C)C)o1. The molecular formula is C18H26N4O3S. The van der Waals surface area contributed by atoms with Crippen LogP contribution in [0.15, 0.2) is 44.8 Å². The van der Waals surface area contributed by atoms with Crippen LogP contribution in [-0.2, 0) is 28.3 Å². The predicted octanol–water partition coefficient (Wildman–Crippen LogP) is 2.24. The van der Waals surface area contributed by atoms with E-state index in [1.54, 1.807) is 37.5 Å². The Hall–Kier alpha value is -2.35. The van der Waals surface area contributed by atoms with Gasteiger partial charge in [-0.3, -0.25) is 4.99 Å². The van der Waals surface area contributed by atoms with Crippen molar-refractivity contribution < 1.29 is 12.8 Å². The van der Waals surface area contributed by atoms with Crippen LogP contribution in [0, 0.1) is 0 Å². The standard InChI is InChI=1S/C18H26N4O3S/c1-18(2,3)15-11-20-16(25-15)12-22-17(19-4)21-10-13-6-8-14(9-7-13)26(5,23)24/h6-9,11H,10,12H2,1-5H3,(H2,19,21,22). The average molecular weight is 378 g/mol. The molecule has 2 N–H and O–H groups in total. The highest BCUT2D eigenvalue weighted by molar-refractivity contribution is 7.90. The highest BCUT2D eigenvalue weighted by Gasteiger charge is 2.19. The number of hydrogen-bond acceptors (Lipinski definition) is 5. The van der Waals surface area contributed by atoms with Gasteiger partial charge in [0.1, 0.15) is 5.76 Å². The highest BCUT2D eigenvalue weighted by atomic mass is 32.2. The Labute approximate surface area is 154 Å². The lowest BCUT2D eigenvalue weighted by Gasteiger charge is -2.13. The molecule has 26 heavy (non-hydrogen) atoms. The summed E-state index contributed by atoms with van der Waals surface area (Å²) in [6.45, 7) is 7.14. The quantitative estimate of drug-likeness (QED) is 0.612. The van der Waals surface area contributed by atoms with E-state index in [2.05, 4.69) is 41.4 Å². The summed E-state index contributed by atoms with van der Waals surface area (Å²) in [6.07, 6.45) is 2.94. The Balaban J connectivity index is 1.89. The zero-order valence-corrected chi connectivity index (χ0v) is 16.6. The van der Waals surface area contributed by atoms with Crippen LogP contribution in [0.2, 0.25) is 0 Å². The van der Waals surface area contributed by atoms with Crippen molar-refractivity contribution in [2.24, 2.45) is 4.99 Å². The van der Waals surface area contributed by atoms with Gasteiger partial charge in [0.15, 0.2) is 15.8 Å². The summed E-state index contributed by atoms with van der Waals surface area (Å²) in [7, 11) is -1.50. The molecule has 7 nitrogen and oxygen atoms in total. The molecule has 142 valence electrons. The number of aromatic nitrogens is 1. The third-order valence-corrected chi connectivity index (χ3v) is 4.86. The Kier molecular flexibility index (Phi) is 6.07. The van der Waals surface area contributed by atoms with Gasteiger partial charge in [-0.15, -0.1) is 0 Å². The van der Waals surface area contributed by atoms with Crippen LogP contribution in [0.4, 0.5) is 0 Å². The molecule has 0 spiro atoms. The fourth-order valence-corrected chi connectivity index (χ4v) is 2.79. The van der Waals surface area contributed by atoms with Crippen molar-refractivity contribution >= 4 is 15.8 Å². The van der Waals surface area contributed by atoms with Crippen molar-refractivity contribution in [3.8, 4) is 0 Å². The fraction of sp³-hybridized carbons (Fsp3) is 0.444. The minimum Gasteiger partial charge on any atom is -0.443 e. The third kappa shape index (κ3) is 5.59. The summed E-state index contributed by atoms with van der Waals surface area (Å²) < 4.78 is 28.7. The second-order valence-electron chi connectivity index (χ2n) is 7.06. The molecule has 0 bridgehead atoms. The zero-order chi connectivity index (χ0) is 19.4. The summed E-state index contributed by atoms with van der Waals surface area (Å²) in [5, 5.41) is 6.31. The molecule has 0 fully saturated rings. The molecule has 0 saturated carbocycles. The number of hydrogen-bond donors (Lipinski definition) is 2. The molecule has 1 aromatic heterocycles. The molecule has 8 heteroatoms. The van der Waals surface area contributed by atoms with Gasteiger partial charge >= 0.3 is 0 Å². The number of nitrogens with zero attached hydrogens (tertiary/aromatic N) is 2. The summed E-state index contributed by atoms with van der Waals surface area (Å²) in [6, 6.07) is 6.76. The molecule has 0 amide bonds. The second-order valence-corrected chi connectivity index (χ2v) is 9.08. The van der Waals surface area contributed by atoms with Gasteiger partial charge in [0, 0.05) is 25.3 Å². The van der Waals surface area contributed by atoms with E-state index in [0.717, 1.165) is 11.3 Å². The molecule has 0 aliphatic carbocycles. The molecule has 0 radical (unpaired) electrons. The van der Waals surface area contributed by atoms with E-state index in [4.69, 9.17) is 4.42 Å². The number of guanidine groups is 1. The first-order valence-electron chi connectivity index (χ1n) is 8.28. The Morgan fingerprint density at radius 1 is 1.15 bits per heavy atom. The van der Waals surface area contributed by atoms with Gasteiger partial charge in [0.05, 0.1) is 17.6 Å². The van der Waals surface area contributed by atoms with E-state index < -0.39 is 9.84 Å². The maximum atomic E-state index is 11.5. The van der Waals surface area contributed by atoms with Crippen LogP contribution in [0.3, 0.4) is 0 Å². The van der Waals surface area contributed by atoms with E-state index >= 15 is 0 Å². The van der Waals surface area contributed by atoms with Gasteiger partial charge < -0.3 is 15.1 Å². The van der Waals surface area contributed by atoms with E-state index in [9.17, 15) is 8.42 Å². The normalized spacial score (nSPS) is 12.9. The Morgan fingerprint density at radius 3 is 2.27 bits per heavy atom. The lowest BCUT2D eigenvalue weighted by Crippen LogP contribution is -2.36. The van der Waals surface area contributed by atoms with Crippen molar-refractivity contribution in [3.05, 3.63) is 47.7 Å². The molecule has 1 heterocycles. The monoisotopic (exact) mass is 378 g/mol. The topological polar surface area (TPSA) is 96.6 Å². The third-order valence-electron chi connectivity index (χ3n) is 3.73. The number of oxazole rings is 1. The van der Waals surface area contributed by atoms with Gasteiger partial charge in [-0.25, -0.2) is 13.4 Å². The minimum absolute atomic E-state index is 0.0801. The van der Waals surface area contributed by atoms with Crippen LogP contribution < -0.4 is 10.6 Å². The number of nitrogens with one attached hydrogen (secondary N) is 2. The highest BCUT2D eigenvalue weighted by Crippen LogP contribution is 2.22. The molecule has 0 aliphatic rings. The summed E-state index contributed by atoms with van der Waals surface area (Å²) in [5.74, 6) is 2.03. The molecule has 0 atom stereocenters. The Bertz CT molecular complexity index is 863. The van der Waals surface area contributed by atoms with Crippen molar-refractivity contribution in [2.45, 2.75) is 44.2 Å². The number of sulfone groups is 1. The molecule has 2 rings (SSSR count). The van der Waals surface area contributed by atoms with Gasteiger partial charge in [0.25, 0.3) is 0 Å². The van der Waals surface area contributed by atoms with E-state index in [-0.39, 0.29) is 5.41 Å². The number of rotatable bonds is 5. The van der Waals surface area contributed by atoms with Gasteiger partial charge in [-0.05, 0) is 17.7 Å². The van der Waals surface area contributed by atoms with Gasteiger partial charge in [-0.2, -0.15) is 0 Å². The second kappa shape index (κ2) is 7.90. The van der Waals surface area contributed by atoms with Crippen molar-refractivity contribution in [3.63, 3.8) is 0 Å². The smallest absolute Gasteiger partial charge is 0.213 e. The minimum atomic E-state index is -3.18. The van der Waals surface area contributed by atoms with E-state index in [1.165, 1.54) is 6.26 Å². The van der Waals surface area contributed by atoms with E-state index in [0.29, 0.717) is 29.8 Å². The first-order valence-corrected chi connectivity index (χ1v) is 10.2. The van der Waals surface area contributed by atoms with Crippen LogP contribution in [0.1, 0.15) is 38.0 Å². The van der Waals surface area contributed by atoms with Crippen LogP contribution in [-0.4, -0.2) is 32.7 Å². The first-order chi connectivity index (χ1) is 12.1. The lowest BCUT2D eigenvalue weighted by molar-refractivity contribution is 0.379. The van der Waals surface area contributed by atoms with E-state index in [1.807, 2.05) is 0 Å². The molecule has 0 saturated heterocycles. The number of aliphatic imine (C=N–C) groups is 1. The molecule has 0 aliphatic heterocycles. The van der Waals surface area contributed by atoms with Crippen molar-refractivity contribution in [1.82, 2.24) is 15.6 Å². The van der Waals surface area contributed by atoms with Gasteiger partial charge in [0.2, 0.25) is 5.89 Å². The fourth-order valence-electron chi connectivity index (χ4n) is 2.16. The lowest BCUT2D eigenvalue weighted by atomic mass is 9.94. The maximum Gasteiger partial charge on any atom is 0.213 e. The van der Waals surface area contributed by atoms with Crippen molar-refractivity contribution in [2.75, 3.05) is 13.3 Å². The predicted molar refractivity (Wildman–Crippen MR) is 102 cm³/mol. The van der Waals surface area contributed by atoms with Crippen LogP contribution in [0.25, 0.3) is 0 Å². The summed E-state index contributed by atoms with van der Waals surface area (Å²) in [4.78, 5) is 8.74. The Morgan fingerprint density at radius 2 is 1.77 bits per heavy atom. The molecular weight excluding hydrogens is 352 g/mol. The zero-order valence-electron chi connectivity index (χ0n) is 15.8. The van der Waals surface area contributed by atoms with Crippen molar-refractivity contribution in [1.29, 1.82) is 0 Å². The first kappa shape index (κ1) is 20.0. The summed E-state index contributed by atoms with van der Waals surface area (Å²) >= 11 is 0. The van der Waals surface area contributed by atoms with Crippen LogP contribution in [0.5, 0.6) is 0 Å². The number of benzene rings is 1. The average Bonchev–Trinajstić information content (AvgIpc) is 3.04. The van der Waals surface area contributed by atoms with Crippen LogP contribution >= 0.6 is 0 Å². The molecule has 2 aromatic rings.